The molecule has 1 saturated carbocycles. The summed E-state index contributed by atoms with van der Waals surface area (Å²) in [6, 6.07) is 7.79. The first-order valence-electron chi connectivity index (χ1n) is 13.2. The molecule has 1 aromatic rings. The van der Waals surface area contributed by atoms with Gasteiger partial charge in [0.05, 0.1) is 11.6 Å². The second-order valence-electron chi connectivity index (χ2n) is 11.0. The predicted octanol–water partition coefficient (Wildman–Crippen LogP) is 5.06. The summed E-state index contributed by atoms with van der Waals surface area (Å²) in [5, 5.41) is 13.6. The van der Waals surface area contributed by atoms with E-state index in [1.807, 2.05) is 33.9 Å². The van der Waals surface area contributed by atoms with Crippen LogP contribution in [0.25, 0.3) is 5.57 Å². The van der Waals surface area contributed by atoms with E-state index in [9.17, 15) is 14.7 Å². The number of β-amino-alcohol motifs (C(OH)–C–C–N with tert-alkyl or cyclic N) is 1. The van der Waals surface area contributed by atoms with Crippen molar-refractivity contribution in [2.75, 3.05) is 6.54 Å². The van der Waals surface area contributed by atoms with E-state index >= 15 is 0 Å². The fourth-order valence-electron chi connectivity index (χ4n) is 5.41. The van der Waals surface area contributed by atoms with Gasteiger partial charge in [0.15, 0.2) is 0 Å². The number of hydrogen-bond donors (Lipinski definition) is 2. The summed E-state index contributed by atoms with van der Waals surface area (Å²) in [7, 11) is 0. The number of nitrogens with one attached hydrogen (secondary N) is 1. The first kappa shape index (κ1) is 27.1. The Bertz CT molecular complexity index is 983. The monoisotopic (exact) mass is 481 g/mol. The van der Waals surface area contributed by atoms with Gasteiger partial charge >= 0.3 is 0 Å². The molecule has 0 aromatic heterocycles. The van der Waals surface area contributed by atoms with E-state index in [4.69, 9.17) is 0 Å². The standard InChI is InChI=1S/C27H37N3O3.C2H6/c1-6-22(26(3,4)5)25(33)30-16-20(31)15-23(30)24(32)29-27(12-13-27)19-9-7-18(8-10-19)21-11-14-28-17(21)2;1-2/h7-10,14,20,22-23,31H,6,11-13,15-16H2,1-5H3,(H,29,32);1-2H3/t20-,22-,23+;/m1./s1. The third-order valence-electron chi connectivity index (χ3n) is 7.53. The maximum absolute atomic E-state index is 13.4. The number of nitrogens with zero attached hydrogens (tertiary/aromatic N) is 2. The molecule has 2 amide bonds. The number of allylic oxidation sites excluding steroid dienone is 2. The summed E-state index contributed by atoms with van der Waals surface area (Å²) >= 11 is 0. The Morgan fingerprint density at radius 3 is 2.31 bits per heavy atom. The van der Waals surface area contributed by atoms with E-state index in [-0.39, 0.29) is 35.2 Å². The molecule has 0 unspecified atom stereocenters. The molecule has 3 atom stereocenters. The summed E-state index contributed by atoms with van der Waals surface area (Å²) in [6.07, 6.45) is 4.89. The molecule has 6 nitrogen and oxygen atoms in total. The van der Waals surface area contributed by atoms with Gasteiger partial charge in [-0.05, 0) is 48.3 Å². The molecule has 3 aliphatic rings. The lowest BCUT2D eigenvalue weighted by atomic mass is 9.78. The van der Waals surface area contributed by atoms with Crippen molar-refractivity contribution in [3.05, 3.63) is 41.1 Å². The number of amides is 2. The number of carbonyl (C=O) groups excluding carboxylic acids is 2. The highest BCUT2D eigenvalue weighted by atomic mass is 16.3. The maximum atomic E-state index is 13.4. The average Bonchev–Trinajstić information content (AvgIpc) is 3.28. The van der Waals surface area contributed by atoms with Gasteiger partial charge in [0.1, 0.15) is 6.04 Å². The van der Waals surface area contributed by atoms with Crippen LogP contribution in [0.5, 0.6) is 0 Å². The minimum Gasteiger partial charge on any atom is -0.391 e. The van der Waals surface area contributed by atoms with Crippen LogP contribution in [0, 0.1) is 11.3 Å². The quantitative estimate of drug-likeness (QED) is 0.596. The van der Waals surface area contributed by atoms with Crippen molar-refractivity contribution in [3.63, 3.8) is 0 Å². The van der Waals surface area contributed by atoms with Crippen LogP contribution in [0.15, 0.2) is 35.0 Å². The van der Waals surface area contributed by atoms with Crippen LogP contribution in [-0.2, 0) is 15.1 Å². The number of benzene rings is 1. The third kappa shape index (κ3) is 5.69. The highest BCUT2D eigenvalue weighted by Crippen LogP contribution is 2.46. The molecule has 0 spiro atoms. The van der Waals surface area contributed by atoms with Gasteiger partial charge in [0.2, 0.25) is 11.8 Å². The molecule has 2 heterocycles. The van der Waals surface area contributed by atoms with Crippen molar-refractivity contribution >= 4 is 23.6 Å². The molecule has 1 aliphatic carbocycles. The van der Waals surface area contributed by atoms with Crippen LogP contribution in [0.1, 0.15) is 91.7 Å². The SMILES string of the molecule is CC.CC[C@H](C(=O)N1C[C@H](O)C[C@H]1C(=O)NC1(c2ccc(C3=C(C)N=CC3)cc2)CC1)C(C)(C)C. The van der Waals surface area contributed by atoms with Gasteiger partial charge in [-0.3, -0.25) is 14.6 Å². The van der Waals surface area contributed by atoms with Crippen molar-refractivity contribution in [1.29, 1.82) is 0 Å². The number of likely N-dealkylation sites (tertiary alicyclic amines) is 1. The third-order valence-corrected chi connectivity index (χ3v) is 7.53. The molecule has 0 radical (unpaired) electrons. The van der Waals surface area contributed by atoms with E-state index in [1.54, 1.807) is 4.90 Å². The van der Waals surface area contributed by atoms with Gasteiger partial charge in [0.25, 0.3) is 0 Å². The van der Waals surface area contributed by atoms with Crippen molar-refractivity contribution < 1.29 is 14.7 Å². The van der Waals surface area contributed by atoms with Gasteiger partial charge in [-0.1, -0.05) is 65.8 Å². The molecule has 2 fully saturated rings. The average molecular weight is 482 g/mol. The van der Waals surface area contributed by atoms with Gasteiger partial charge in [-0.2, -0.15) is 0 Å². The summed E-state index contributed by atoms with van der Waals surface area (Å²) in [5.41, 5.74) is 3.99. The van der Waals surface area contributed by atoms with Crippen molar-refractivity contribution in [2.24, 2.45) is 16.3 Å². The highest BCUT2D eigenvalue weighted by Gasteiger charge is 2.49. The van der Waals surface area contributed by atoms with Gasteiger partial charge in [0, 0.05) is 37.2 Å². The molecule has 1 saturated heterocycles. The molecule has 2 N–H and O–H groups in total. The number of hydrogen-bond acceptors (Lipinski definition) is 4. The maximum Gasteiger partial charge on any atom is 0.243 e. The molecule has 35 heavy (non-hydrogen) atoms. The molecule has 4 rings (SSSR count). The molecule has 2 aliphatic heterocycles. The van der Waals surface area contributed by atoms with Crippen molar-refractivity contribution in [3.8, 4) is 0 Å². The Morgan fingerprint density at radius 2 is 1.83 bits per heavy atom. The van der Waals surface area contributed by atoms with Gasteiger partial charge in [-0.15, -0.1) is 0 Å². The highest BCUT2D eigenvalue weighted by molar-refractivity contribution is 5.90. The number of rotatable bonds is 6. The second kappa shape index (κ2) is 10.7. The van der Waals surface area contributed by atoms with Crippen LogP contribution in [0.2, 0.25) is 0 Å². The molecular formula is C29H43N3O3. The van der Waals surface area contributed by atoms with Gasteiger partial charge < -0.3 is 15.3 Å². The predicted molar refractivity (Wildman–Crippen MR) is 142 cm³/mol. The lowest BCUT2D eigenvalue weighted by molar-refractivity contribution is -0.145. The number of aliphatic hydroxyl groups excluding tert-OH is 1. The molecule has 0 bridgehead atoms. The Labute approximate surface area is 210 Å². The zero-order chi connectivity index (χ0) is 26.0. The lowest BCUT2D eigenvalue weighted by Crippen LogP contribution is -2.51. The minimum absolute atomic E-state index is 0.0293. The first-order chi connectivity index (χ1) is 16.6. The number of aliphatic imine (C=N–C) groups is 1. The van der Waals surface area contributed by atoms with Crippen LogP contribution >= 0.6 is 0 Å². The summed E-state index contributed by atoms with van der Waals surface area (Å²) in [6.45, 7) is 14.4. The number of carbonyl (C=O) groups is 2. The number of aliphatic hydroxyl groups is 1. The van der Waals surface area contributed by atoms with E-state index in [2.05, 4.69) is 55.3 Å². The summed E-state index contributed by atoms with van der Waals surface area (Å²) in [4.78, 5) is 32.7. The summed E-state index contributed by atoms with van der Waals surface area (Å²) in [5.74, 6) is -0.371. The lowest BCUT2D eigenvalue weighted by Gasteiger charge is -2.35. The van der Waals surface area contributed by atoms with Gasteiger partial charge in [-0.25, -0.2) is 0 Å². The Morgan fingerprint density at radius 1 is 1.20 bits per heavy atom. The van der Waals surface area contributed by atoms with Crippen LogP contribution in [-0.4, -0.2) is 46.7 Å². The normalized spacial score (nSPS) is 23.6. The molecule has 6 heteroatoms. The van der Waals surface area contributed by atoms with E-state index < -0.39 is 12.1 Å². The Balaban J connectivity index is 0.00000167. The van der Waals surface area contributed by atoms with Crippen molar-refractivity contribution in [1.82, 2.24) is 10.2 Å². The fraction of sp³-hybridized carbons (Fsp3) is 0.621. The first-order valence-corrected chi connectivity index (χ1v) is 13.2. The zero-order valence-electron chi connectivity index (χ0n) is 22.5. The van der Waals surface area contributed by atoms with E-state index in [0.717, 1.165) is 30.5 Å². The molecule has 192 valence electrons. The fourth-order valence-corrected chi connectivity index (χ4v) is 5.41. The topological polar surface area (TPSA) is 82.0 Å². The van der Waals surface area contributed by atoms with E-state index in [0.29, 0.717) is 12.8 Å². The van der Waals surface area contributed by atoms with Crippen molar-refractivity contribution in [2.45, 2.75) is 98.3 Å². The Hall–Kier alpha value is -2.47. The molecule has 1 aromatic carbocycles. The van der Waals surface area contributed by atoms with E-state index in [1.165, 1.54) is 11.1 Å². The Kier molecular flexibility index (Phi) is 8.25. The summed E-state index contributed by atoms with van der Waals surface area (Å²) < 4.78 is 0. The molecular weight excluding hydrogens is 438 g/mol. The smallest absolute Gasteiger partial charge is 0.243 e. The largest absolute Gasteiger partial charge is 0.391 e. The van der Waals surface area contributed by atoms with Crippen LogP contribution < -0.4 is 5.32 Å². The zero-order valence-corrected chi connectivity index (χ0v) is 22.5. The van der Waals surface area contributed by atoms with Crippen LogP contribution in [0.4, 0.5) is 0 Å². The minimum atomic E-state index is -0.665. The second-order valence-corrected chi connectivity index (χ2v) is 11.0. The van der Waals surface area contributed by atoms with Crippen LogP contribution in [0.3, 0.4) is 0 Å².